The van der Waals surface area contributed by atoms with Crippen LogP contribution in [0, 0.1) is 0 Å². The van der Waals surface area contributed by atoms with Crippen LogP contribution in [0.5, 0.6) is 0 Å². The van der Waals surface area contributed by atoms with E-state index in [9.17, 15) is 8.42 Å². The molecule has 2 aromatic carbocycles. The summed E-state index contributed by atoms with van der Waals surface area (Å²) in [5, 5.41) is 11.2. The molecule has 0 unspecified atom stereocenters. The summed E-state index contributed by atoms with van der Waals surface area (Å²) >= 11 is 0.980. The van der Waals surface area contributed by atoms with Gasteiger partial charge in [0.25, 0.3) is 10.0 Å². The van der Waals surface area contributed by atoms with E-state index in [1.54, 1.807) is 42.6 Å². The number of benzene rings is 2. The third-order valence-electron chi connectivity index (χ3n) is 4.10. The second-order valence-electron chi connectivity index (χ2n) is 6.39. The molecular formula is C18H17N7O2S2. The highest BCUT2D eigenvalue weighted by molar-refractivity contribution is 7.93. The fraction of sp³-hybridized carbons (Fsp3) is 0.111. The van der Waals surface area contributed by atoms with Crippen molar-refractivity contribution in [1.29, 1.82) is 0 Å². The zero-order valence-electron chi connectivity index (χ0n) is 15.6. The zero-order chi connectivity index (χ0) is 20.4. The molecule has 0 atom stereocenters. The number of anilines is 4. The first-order valence-corrected chi connectivity index (χ1v) is 10.7. The monoisotopic (exact) mass is 427 g/mol. The van der Waals surface area contributed by atoms with Gasteiger partial charge in [-0.3, -0.25) is 4.72 Å². The van der Waals surface area contributed by atoms with Crippen LogP contribution in [0.25, 0.3) is 11.0 Å². The van der Waals surface area contributed by atoms with Crippen LogP contribution in [-0.4, -0.2) is 41.5 Å². The number of fused-ring (bicyclic) bond motifs is 1. The van der Waals surface area contributed by atoms with Crippen molar-refractivity contribution in [2.75, 3.05) is 29.0 Å². The quantitative estimate of drug-likeness (QED) is 0.483. The summed E-state index contributed by atoms with van der Waals surface area (Å²) < 4.78 is 36.3. The lowest BCUT2D eigenvalue weighted by Gasteiger charge is -2.13. The van der Waals surface area contributed by atoms with E-state index in [0.29, 0.717) is 22.5 Å². The third kappa shape index (κ3) is 4.10. The molecule has 2 N–H and O–H groups in total. The van der Waals surface area contributed by atoms with Gasteiger partial charge >= 0.3 is 0 Å². The van der Waals surface area contributed by atoms with Gasteiger partial charge in [0.05, 0.1) is 23.6 Å². The average molecular weight is 428 g/mol. The summed E-state index contributed by atoms with van der Waals surface area (Å²) in [4.78, 5) is 2.03. The van der Waals surface area contributed by atoms with Crippen molar-refractivity contribution in [2.24, 2.45) is 0 Å². The predicted molar refractivity (Wildman–Crippen MR) is 114 cm³/mol. The lowest BCUT2D eigenvalue weighted by molar-refractivity contribution is 0.602. The average Bonchev–Trinajstić information content (AvgIpc) is 3.18. The Labute approximate surface area is 171 Å². The second kappa shape index (κ2) is 7.60. The van der Waals surface area contributed by atoms with Crippen LogP contribution in [0.1, 0.15) is 0 Å². The number of rotatable bonds is 6. The summed E-state index contributed by atoms with van der Waals surface area (Å²) in [6, 6.07) is 13.6. The molecule has 0 aliphatic heterocycles. The SMILES string of the molecule is CN(C)c1cnnc(Nc2ccc(NS(=O)(=O)c3cccc4nsnc34)cc2)c1. The Hall–Kier alpha value is -3.31. The normalized spacial score (nSPS) is 11.4. The molecule has 0 aliphatic carbocycles. The van der Waals surface area contributed by atoms with Crippen LogP contribution in [0.4, 0.5) is 22.9 Å². The Balaban J connectivity index is 1.52. The summed E-state index contributed by atoms with van der Waals surface area (Å²) in [6.45, 7) is 0. The van der Waals surface area contributed by atoms with Crippen molar-refractivity contribution in [3.63, 3.8) is 0 Å². The predicted octanol–water partition coefficient (Wildman–Crippen LogP) is 3.09. The Bertz CT molecular complexity index is 1250. The Morgan fingerprint density at radius 1 is 1.00 bits per heavy atom. The first-order chi connectivity index (χ1) is 13.9. The molecular weight excluding hydrogens is 410 g/mol. The van der Waals surface area contributed by atoms with Crippen molar-refractivity contribution in [2.45, 2.75) is 4.90 Å². The second-order valence-corrected chi connectivity index (χ2v) is 8.57. The van der Waals surface area contributed by atoms with E-state index in [4.69, 9.17) is 0 Å². The van der Waals surface area contributed by atoms with Gasteiger partial charge in [-0.25, -0.2) is 8.42 Å². The maximum absolute atomic E-state index is 12.8. The number of sulfonamides is 1. The topological polar surface area (TPSA) is 113 Å². The first-order valence-electron chi connectivity index (χ1n) is 8.54. The lowest BCUT2D eigenvalue weighted by atomic mass is 10.3. The standard InChI is InChI=1S/C18H17N7O2S2/c1-25(2)14-10-17(21-19-11-14)20-12-6-8-13(9-7-12)24-29(26,27)16-5-3-4-15-18(16)23-28-22-15/h3-11,24H,1-2H3,(H,20,21). The van der Waals surface area contributed by atoms with Crippen LogP contribution in [0.2, 0.25) is 0 Å². The largest absolute Gasteiger partial charge is 0.376 e. The lowest BCUT2D eigenvalue weighted by Crippen LogP contribution is -2.13. The molecule has 4 aromatic rings. The van der Waals surface area contributed by atoms with Crippen LogP contribution >= 0.6 is 11.7 Å². The van der Waals surface area contributed by atoms with Gasteiger partial charge in [0, 0.05) is 31.5 Å². The van der Waals surface area contributed by atoms with Gasteiger partial charge in [-0.1, -0.05) is 6.07 Å². The summed E-state index contributed by atoms with van der Waals surface area (Å²) in [6.07, 6.45) is 1.67. The van der Waals surface area contributed by atoms with E-state index < -0.39 is 10.0 Å². The molecule has 0 spiro atoms. The molecule has 4 rings (SSSR count). The molecule has 11 heteroatoms. The summed E-state index contributed by atoms with van der Waals surface area (Å²) in [5.41, 5.74) is 3.02. The van der Waals surface area contributed by atoms with Crippen molar-refractivity contribution in [3.8, 4) is 0 Å². The number of hydrogen-bond donors (Lipinski definition) is 2. The van der Waals surface area contributed by atoms with Crippen molar-refractivity contribution in [3.05, 3.63) is 54.7 Å². The highest BCUT2D eigenvalue weighted by Crippen LogP contribution is 2.25. The van der Waals surface area contributed by atoms with Crippen LogP contribution in [0.3, 0.4) is 0 Å². The minimum Gasteiger partial charge on any atom is -0.376 e. The Morgan fingerprint density at radius 3 is 2.52 bits per heavy atom. The van der Waals surface area contributed by atoms with Gasteiger partial charge in [0.15, 0.2) is 5.82 Å². The molecule has 0 fully saturated rings. The van der Waals surface area contributed by atoms with Crippen LogP contribution in [-0.2, 0) is 10.0 Å². The highest BCUT2D eigenvalue weighted by atomic mass is 32.2. The maximum atomic E-state index is 12.8. The van der Waals surface area contributed by atoms with Crippen LogP contribution in [0.15, 0.2) is 59.6 Å². The molecule has 0 aliphatic rings. The van der Waals surface area contributed by atoms with Gasteiger partial charge in [0.1, 0.15) is 15.9 Å². The molecule has 148 valence electrons. The minimum absolute atomic E-state index is 0.0988. The number of nitrogens with one attached hydrogen (secondary N) is 2. The van der Waals surface area contributed by atoms with E-state index in [1.807, 2.05) is 25.1 Å². The Kier molecular flexibility index (Phi) is 4.99. The van der Waals surface area contributed by atoms with Gasteiger partial charge < -0.3 is 10.2 Å². The molecule has 2 aromatic heterocycles. The van der Waals surface area contributed by atoms with Gasteiger partial charge in [-0.05, 0) is 36.4 Å². The molecule has 9 nitrogen and oxygen atoms in total. The summed E-state index contributed by atoms with van der Waals surface area (Å²) in [5.74, 6) is 0.590. The van der Waals surface area contributed by atoms with Crippen molar-refractivity contribution >= 4 is 55.7 Å². The van der Waals surface area contributed by atoms with Gasteiger partial charge in [-0.2, -0.15) is 13.8 Å². The van der Waals surface area contributed by atoms with E-state index in [-0.39, 0.29) is 4.90 Å². The minimum atomic E-state index is -3.79. The molecule has 0 bridgehead atoms. The van der Waals surface area contributed by atoms with Gasteiger partial charge in [-0.15, -0.1) is 5.10 Å². The first kappa shape index (κ1) is 19.0. The smallest absolute Gasteiger partial charge is 0.264 e. The highest BCUT2D eigenvalue weighted by Gasteiger charge is 2.19. The van der Waals surface area contributed by atoms with Crippen molar-refractivity contribution < 1.29 is 8.42 Å². The van der Waals surface area contributed by atoms with E-state index in [1.165, 1.54) is 6.07 Å². The van der Waals surface area contributed by atoms with E-state index in [2.05, 4.69) is 29.0 Å². The third-order valence-corrected chi connectivity index (χ3v) is 6.06. The van der Waals surface area contributed by atoms with E-state index in [0.717, 1.165) is 23.1 Å². The zero-order valence-corrected chi connectivity index (χ0v) is 17.2. The molecule has 29 heavy (non-hydrogen) atoms. The van der Waals surface area contributed by atoms with E-state index >= 15 is 0 Å². The maximum Gasteiger partial charge on any atom is 0.264 e. The Morgan fingerprint density at radius 2 is 1.76 bits per heavy atom. The van der Waals surface area contributed by atoms with Gasteiger partial charge in [0.2, 0.25) is 0 Å². The molecule has 0 saturated heterocycles. The molecule has 0 saturated carbocycles. The molecule has 0 amide bonds. The molecule has 0 radical (unpaired) electrons. The fourth-order valence-corrected chi connectivity index (χ4v) is 4.47. The number of nitrogens with zero attached hydrogens (tertiary/aromatic N) is 5. The fourth-order valence-electron chi connectivity index (χ4n) is 2.64. The number of hydrogen-bond acceptors (Lipinski definition) is 9. The van der Waals surface area contributed by atoms with Crippen LogP contribution < -0.4 is 14.9 Å². The summed E-state index contributed by atoms with van der Waals surface area (Å²) in [7, 11) is 0.0502. The number of aromatic nitrogens is 4. The van der Waals surface area contributed by atoms with Crippen molar-refractivity contribution in [1.82, 2.24) is 18.9 Å². The molecule has 2 heterocycles.